The predicted octanol–water partition coefficient (Wildman–Crippen LogP) is 2.53. The van der Waals surface area contributed by atoms with Crippen molar-refractivity contribution in [1.29, 1.82) is 5.26 Å². The van der Waals surface area contributed by atoms with E-state index in [4.69, 9.17) is 5.26 Å². The number of rotatable bonds is 2. The number of nitriles is 1. The zero-order valence-corrected chi connectivity index (χ0v) is 9.80. The van der Waals surface area contributed by atoms with E-state index in [-0.39, 0.29) is 16.0 Å². The van der Waals surface area contributed by atoms with Crippen molar-refractivity contribution in [3.05, 3.63) is 23.3 Å². The SMILES string of the molecule is COC(=O)c1ccc(OC(F)(F)F)c(S)c1C#N. The normalized spacial score (nSPS) is 10.7. The molecule has 0 saturated carbocycles. The minimum atomic E-state index is -4.91. The lowest BCUT2D eigenvalue weighted by atomic mass is 10.1. The summed E-state index contributed by atoms with van der Waals surface area (Å²) < 4.78 is 44.2. The molecule has 1 aromatic rings. The van der Waals surface area contributed by atoms with Crippen molar-refractivity contribution in [2.45, 2.75) is 11.3 Å². The largest absolute Gasteiger partial charge is 0.573 e. The molecule has 0 radical (unpaired) electrons. The summed E-state index contributed by atoms with van der Waals surface area (Å²) in [5, 5.41) is 8.82. The monoisotopic (exact) mass is 277 g/mol. The van der Waals surface area contributed by atoms with Gasteiger partial charge in [0, 0.05) is 0 Å². The van der Waals surface area contributed by atoms with E-state index in [9.17, 15) is 18.0 Å². The standard InChI is InChI=1S/C10H6F3NO3S/c1-16-9(15)5-2-3-7(17-10(11,12)13)8(18)6(5)4-14/h2-3,18H,1H3. The highest BCUT2D eigenvalue weighted by Gasteiger charge is 2.32. The van der Waals surface area contributed by atoms with Gasteiger partial charge in [0.2, 0.25) is 0 Å². The van der Waals surface area contributed by atoms with E-state index in [1.807, 2.05) is 0 Å². The van der Waals surface area contributed by atoms with Gasteiger partial charge in [-0.05, 0) is 12.1 Å². The van der Waals surface area contributed by atoms with Gasteiger partial charge in [0.15, 0.2) is 0 Å². The fourth-order valence-corrected chi connectivity index (χ4v) is 1.46. The van der Waals surface area contributed by atoms with Crippen LogP contribution in [0.4, 0.5) is 13.2 Å². The number of hydrogen-bond acceptors (Lipinski definition) is 5. The second-order valence-electron chi connectivity index (χ2n) is 2.99. The molecule has 8 heteroatoms. The van der Waals surface area contributed by atoms with Crippen LogP contribution in [0.3, 0.4) is 0 Å². The second kappa shape index (κ2) is 5.18. The summed E-state index contributed by atoms with van der Waals surface area (Å²) in [6.07, 6.45) is -4.91. The van der Waals surface area contributed by atoms with Crippen LogP contribution in [0, 0.1) is 11.3 Å². The van der Waals surface area contributed by atoms with Crippen molar-refractivity contribution in [1.82, 2.24) is 0 Å². The zero-order chi connectivity index (χ0) is 13.9. The zero-order valence-electron chi connectivity index (χ0n) is 8.91. The minimum absolute atomic E-state index is 0.181. The average molecular weight is 277 g/mol. The number of hydrogen-bond donors (Lipinski definition) is 1. The molecule has 0 aliphatic heterocycles. The lowest BCUT2D eigenvalue weighted by Gasteiger charge is -2.12. The fourth-order valence-electron chi connectivity index (χ4n) is 1.17. The van der Waals surface area contributed by atoms with Crippen molar-refractivity contribution in [3.8, 4) is 11.8 Å². The summed E-state index contributed by atoms with van der Waals surface area (Å²) in [6, 6.07) is 3.48. The Morgan fingerprint density at radius 3 is 2.50 bits per heavy atom. The summed E-state index contributed by atoms with van der Waals surface area (Å²) in [4.78, 5) is 10.9. The first-order valence-electron chi connectivity index (χ1n) is 4.40. The van der Waals surface area contributed by atoms with Crippen LogP contribution in [0.25, 0.3) is 0 Å². The molecular weight excluding hydrogens is 271 g/mol. The van der Waals surface area contributed by atoms with E-state index in [2.05, 4.69) is 22.1 Å². The molecular formula is C10H6F3NO3S. The first kappa shape index (κ1) is 14.2. The maximum atomic E-state index is 12.1. The van der Waals surface area contributed by atoms with Crippen LogP contribution in [0.15, 0.2) is 17.0 Å². The Morgan fingerprint density at radius 2 is 2.06 bits per heavy atom. The molecule has 0 atom stereocenters. The molecule has 0 N–H and O–H groups in total. The highest BCUT2D eigenvalue weighted by atomic mass is 32.1. The molecule has 0 unspecified atom stereocenters. The van der Waals surface area contributed by atoms with Crippen LogP contribution in [0.2, 0.25) is 0 Å². The lowest BCUT2D eigenvalue weighted by Crippen LogP contribution is -2.18. The second-order valence-corrected chi connectivity index (χ2v) is 3.43. The first-order valence-corrected chi connectivity index (χ1v) is 4.85. The van der Waals surface area contributed by atoms with Gasteiger partial charge in [-0.2, -0.15) is 5.26 Å². The van der Waals surface area contributed by atoms with Crippen LogP contribution >= 0.6 is 12.6 Å². The number of halogens is 3. The third-order valence-electron chi connectivity index (χ3n) is 1.88. The first-order chi connectivity index (χ1) is 8.30. The van der Waals surface area contributed by atoms with Gasteiger partial charge in [-0.15, -0.1) is 25.8 Å². The van der Waals surface area contributed by atoms with Gasteiger partial charge in [0.05, 0.1) is 23.1 Å². The van der Waals surface area contributed by atoms with Crippen LogP contribution in [0.5, 0.6) is 5.75 Å². The Balaban J connectivity index is 3.30. The highest BCUT2D eigenvalue weighted by Crippen LogP contribution is 2.33. The number of benzene rings is 1. The molecule has 1 rings (SSSR count). The van der Waals surface area contributed by atoms with E-state index in [0.29, 0.717) is 0 Å². The molecule has 0 heterocycles. The predicted molar refractivity (Wildman–Crippen MR) is 56.4 cm³/mol. The summed E-state index contributed by atoms with van der Waals surface area (Å²) >= 11 is 3.75. The van der Waals surface area contributed by atoms with Crippen molar-refractivity contribution < 1.29 is 27.4 Å². The Kier molecular flexibility index (Phi) is 4.08. The Hall–Kier alpha value is -1.88. The van der Waals surface area contributed by atoms with Gasteiger partial charge >= 0.3 is 12.3 Å². The molecule has 0 aliphatic rings. The number of nitrogens with zero attached hydrogens (tertiary/aromatic N) is 1. The Labute approximate surface area is 105 Å². The van der Waals surface area contributed by atoms with E-state index in [1.54, 1.807) is 6.07 Å². The van der Waals surface area contributed by atoms with Crippen LogP contribution in [-0.2, 0) is 4.74 Å². The van der Waals surface area contributed by atoms with Gasteiger partial charge in [-0.3, -0.25) is 0 Å². The smallest absolute Gasteiger partial charge is 0.465 e. The van der Waals surface area contributed by atoms with Gasteiger partial charge in [0.1, 0.15) is 11.8 Å². The quantitative estimate of drug-likeness (QED) is 0.666. The van der Waals surface area contributed by atoms with Crippen molar-refractivity contribution >= 4 is 18.6 Å². The summed E-state index contributed by atoms with van der Waals surface area (Å²) in [6.45, 7) is 0. The topological polar surface area (TPSA) is 59.3 Å². The van der Waals surface area contributed by atoms with E-state index < -0.39 is 18.1 Å². The number of ether oxygens (including phenoxy) is 2. The number of carbonyl (C=O) groups is 1. The molecule has 0 aromatic heterocycles. The van der Waals surface area contributed by atoms with Gasteiger partial charge in [-0.1, -0.05) is 0 Å². The molecule has 96 valence electrons. The number of esters is 1. The molecule has 0 bridgehead atoms. The maximum absolute atomic E-state index is 12.1. The van der Waals surface area contributed by atoms with E-state index >= 15 is 0 Å². The van der Waals surface area contributed by atoms with Gasteiger partial charge in [0.25, 0.3) is 0 Å². The van der Waals surface area contributed by atoms with Crippen LogP contribution in [0.1, 0.15) is 15.9 Å². The molecule has 0 aliphatic carbocycles. The lowest BCUT2D eigenvalue weighted by molar-refractivity contribution is -0.275. The molecule has 0 fully saturated rings. The Bertz CT molecular complexity index is 522. The van der Waals surface area contributed by atoms with E-state index in [0.717, 1.165) is 19.2 Å². The van der Waals surface area contributed by atoms with Crippen LogP contribution < -0.4 is 4.74 Å². The molecule has 4 nitrogen and oxygen atoms in total. The van der Waals surface area contributed by atoms with Crippen molar-refractivity contribution in [2.75, 3.05) is 7.11 Å². The van der Waals surface area contributed by atoms with Gasteiger partial charge in [-0.25, -0.2) is 4.79 Å². The maximum Gasteiger partial charge on any atom is 0.573 e. The molecule has 18 heavy (non-hydrogen) atoms. The average Bonchev–Trinajstić information content (AvgIpc) is 2.28. The van der Waals surface area contributed by atoms with Crippen molar-refractivity contribution in [3.63, 3.8) is 0 Å². The Morgan fingerprint density at radius 1 is 1.44 bits per heavy atom. The number of thiol groups is 1. The summed E-state index contributed by atoms with van der Waals surface area (Å²) in [5.41, 5.74) is -0.522. The fraction of sp³-hybridized carbons (Fsp3) is 0.200. The van der Waals surface area contributed by atoms with Gasteiger partial charge < -0.3 is 9.47 Å². The third-order valence-corrected chi connectivity index (χ3v) is 2.33. The molecule has 0 spiro atoms. The third kappa shape index (κ3) is 3.07. The van der Waals surface area contributed by atoms with Crippen molar-refractivity contribution in [2.24, 2.45) is 0 Å². The summed E-state index contributed by atoms with van der Waals surface area (Å²) in [5.74, 6) is -1.50. The number of carbonyl (C=O) groups excluding carboxylic acids is 1. The number of alkyl halides is 3. The van der Waals surface area contributed by atoms with Crippen LogP contribution in [-0.4, -0.2) is 19.4 Å². The molecule has 1 aromatic carbocycles. The summed E-state index contributed by atoms with van der Waals surface area (Å²) in [7, 11) is 1.09. The number of methoxy groups -OCH3 is 1. The molecule has 0 saturated heterocycles. The molecule has 0 amide bonds. The highest BCUT2D eigenvalue weighted by molar-refractivity contribution is 7.80. The minimum Gasteiger partial charge on any atom is -0.465 e. The van der Waals surface area contributed by atoms with E-state index in [1.165, 1.54) is 0 Å².